The summed E-state index contributed by atoms with van der Waals surface area (Å²) >= 11 is 0. The third kappa shape index (κ3) is 3.37. The number of aliphatic hydroxyl groups is 1. The number of carbonyl (C=O) groups is 1. The van der Waals surface area contributed by atoms with Crippen molar-refractivity contribution in [3.8, 4) is 0 Å². The van der Waals surface area contributed by atoms with Crippen LogP contribution in [0.5, 0.6) is 0 Å². The van der Waals surface area contributed by atoms with Crippen molar-refractivity contribution in [2.45, 2.75) is 19.0 Å². The minimum Gasteiger partial charge on any atom is -0.506 e. The highest BCUT2D eigenvalue weighted by Crippen LogP contribution is 2.39. The van der Waals surface area contributed by atoms with Gasteiger partial charge < -0.3 is 9.84 Å². The molecule has 0 saturated heterocycles. The molecule has 0 aliphatic rings. The van der Waals surface area contributed by atoms with Gasteiger partial charge in [0.1, 0.15) is 0 Å². The van der Waals surface area contributed by atoms with Crippen LogP contribution in [0.1, 0.15) is 6.92 Å². The molecule has 0 heterocycles. The van der Waals surface area contributed by atoms with Gasteiger partial charge in [0.05, 0.1) is 12.7 Å². The average Bonchev–Trinajstić information content (AvgIpc) is 2.02. The Bertz CT molecular complexity index is 268. The largest absolute Gasteiger partial charge is 0.506 e. The highest BCUT2D eigenvalue weighted by Gasteiger charge is 2.61. The Balaban J connectivity index is 4.84. The number of hydrogen-bond acceptors (Lipinski definition) is 3. The van der Waals surface area contributed by atoms with Gasteiger partial charge in [-0.3, -0.25) is 0 Å². The van der Waals surface area contributed by atoms with E-state index in [9.17, 15) is 26.7 Å². The van der Waals surface area contributed by atoms with Gasteiger partial charge in [0.25, 0.3) is 0 Å². The summed E-state index contributed by atoms with van der Waals surface area (Å²) in [6, 6.07) is 0. The maximum atomic E-state index is 12.3. The molecule has 15 heavy (non-hydrogen) atoms. The van der Waals surface area contributed by atoms with Crippen LogP contribution in [0.15, 0.2) is 11.8 Å². The SMILES string of the molecule is CCOC(=O)C=C(O)C(F)(F)C(F)(F)F. The molecule has 0 spiro atoms. The van der Waals surface area contributed by atoms with Crippen LogP contribution in [0.2, 0.25) is 0 Å². The highest BCUT2D eigenvalue weighted by atomic mass is 19.4. The zero-order valence-corrected chi connectivity index (χ0v) is 7.44. The van der Waals surface area contributed by atoms with Crippen LogP contribution in [-0.4, -0.2) is 29.8 Å². The first-order valence-corrected chi connectivity index (χ1v) is 3.65. The maximum Gasteiger partial charge on any atom is 0.461 e. The third-order valence-electron chi connectivity index (χ3n) is 1.22. The predicted molar refractivity (Wildman–Crippen MR) is 38.3 cm³/mol. The molecule has 1 N–H and O–H groups in total. The van der Waals surface area contributed by atoms with Gasteiger partial charge in [-0.1, -0.05) is 0 Å². The Kier molecular flexibility index (Phi) is 4.06. The number of rotatable bonds is 3. The van der Waals surface area contributed by atoms with E-state index >= 15 is 0 Å². The highest BCUT2D eigenvalue weighted by molar-refractivity contribution is 5.82. The van der Waals surface area contributed by atoms with Gasteiger partial charge in [0.2, 0.25) is 0 Å². The number of alkyl halides is 5. The molecule has 0 atom stereocenters. The summed E-state index contributed by atoms with van der Waals surface area (Å²) in [5.74, 6) is -9.33. The van der Waals surface area contributed by atoms with Gasteiger partial charge in [0.15, 0.2) is 5.76 Å². The molecule has 0 amide bonds. The Morgan fingerprint density at radius 1 is 1.33 bits per heavy atom. The number of aliphatic hydroxyl groups excluding tert-OH is 1. The molecule has 0 aliphatic carbocycles. The number of ether oxygens (including phenoxy) is 1. The summed E-state index contributed by atoms with van der Waals surface area (Å²) in [5.41, 5.74) is 0. The van der Waals surface area contributed by atoms with E-state index < -0.39 is 23.8 Å². The number of halogens is 5. The van der Waals surface area contributed by atoms with Crippen molar-refractivity contribution in [1.82, 2.24) is 0 Å². The van der Waals surface area contributed by atoms with Crippen LogP contribution >= 0.6 is 0 Å². The zero-order chi connectivity index (χ0) is 12.3. The van der Waals surface area contributed by atoms with Crippen molar-refractivity contribution in [1.29, 1.82) is 0 Å². The van der Waals surface area contributed by atoms with Crippen LogP contribution in [0.4, 0.5) is 22.0 Å². The zero-order valence-electron chi connectivity index (χ0n) is 7.44. The lowest BCUT2D eigenvalue weighted by molar-refractivity contribution is -0.274. The molecule has 0 aliphatic heterocycles. The first-order valence-electron chi connectivity index (χ1n) is 3.65. The molecular weight excluding hydrogens is 227 g/mol. The summed E-state index contributed by atoms with van der Waals surface area (Å²) in [6.45, 7) is 1.12. The van der Waals surface area contributed by atoms with Gasteiger partial charge in [-0.25, -0.2) is 4.79 Å². The van der Waals surface area contributed by atoms with E-state index in [1.807, 2.05) is 0 Å². The van der Waals surface area contributed by atoms with Crippen LogP contribution in [-0.2, 0) is 9.53 Å². The van der Waals surface area contributed by atoms with Gasteiger partial charge in [0, 0.05) is 0 Å². The van der Waals surface area contributed by atoms with Crippen molar-refractivity contribution in [3.63, 3.8) is 0 Å². The molecule has 0 bridgehead atoms. The van der Waals surface area contributed by atoms with Crippen molar-refractivity contribution < 1.29 is 36.6 Å². The minimum absolute atomic E-state index is 0.208. The molecule has 0 aromatic carbocycles. The fourth-order valence-electron chi connectivity index (χ4n) is 0.531. The van der Waals surface area contributed by atoms with E-state index in [1.165, 1.54) is 6.92 Å². The van der Waals surface area contributed by atoms with Gasteiger partial charge >= 0.3 is 18.1 Å². The van der Waals surface area contributed by atoms with Crippen LogP contribution in [0.25, 0.3) is 0 Å². The topological polar surface area (TPSA) is 46.5 Å². The molecule has 8 heteroatoms. The third-order valence-corrected chi connectivity index (χ3v) is 1.22. The standard InChI is InChI=1S/C7H7F5O3/c1-2-15-5(14)3-4(13)6(8,9)7(10,11)12/h3,13H,2H2,1H3. The summed E-state index contributed by atoms with van der Waals surface area (Å²) in [4.78, 5) is 10.5. The first-order chi connectivity index (χ1) is 6.63. The Morgan fingerprint density at radius 2 is 1.80 bits per heavy atom. The maximum absolute atomic E-state index is 12.3. The quantitative estimate of drug-likeness (QED) is 0.352. The summed E-state index contributed by atoms with van der Waals surface area (Å²) in [6.07, 6.45) is -6.27. The monoisotopic (exact) mass is 234 g/mol. The van der Waals surface area contributed by atoms with E-state index in [0.717, 1.165) is 0 Å². The summed E-state index contributed by atoms with van der Waals surface area (Å²) < 4.78 is 63.4. The van der Waals surface area contributed by atoms with E-state index in [-0.39, 0.29) is 12.7 Å². The van der Waals surface area contributed by atoms with E-state index in [4.69, 9.17) is 5.11 Å². The fraction of sp³-hybridized carbons (Fsp3) is 0.571. The molecule has 88 valence electrons. The second-order valence-electron chi connectivity index (χ2n) is 2.35. The normalized spacial score (nSPS) is 13.9. The smallest absolute Gasteiger partial charge is 0.461 e. The Labute approximate surface area is 81.1 Å². The number of esters is 1. The van der Waals surface area contributed by atoms with Crippen molar-refractivity contribution in [2.75, 3.05) is 6.61 Å². The van der Waals surface area contributed by atoms with Crippen molar-refractivity contribution >= 4 is 5.97 Å². The van der Waals surface area contributed by atoms with Gasteiger partial charge in [-0.05, 0) is 6.92 Å². The Hall–Kier alpha value is -1.34. The minimum atomic E-state index is -5.96. The van der Waals surface area contributed by atoms with Crippen LogP contribution in [0.3, 0.4) is 0 Å². The molecule has 0 radical (unpaired) electrons. The molecule has 0 fully saturated rings. The second kappa shape index (κ2) is 4.45. The van der Waals surface area contributed by atoms with E-state index in [0.29, 0.717) is 0 Å². The molecular formula is C7H7F5O3. The molecule has 0 rings (SSSR count). The van der Waals surface area contributed by atoms with Gasteiger partial charge in [-0.15, -0.1) is 0 Å². The summed E-state index contributed by atoms with van der Waals surface area (Å²) in [5, 5.41) is 8.40. The van der Waals surface area contributed by atoms with Crippen LogP contribution < -0.4 is 0 Å². The molecule has 0 aromatic rings. The predicted octanol–water partition coefficient (Wildman–Crippen LogP) is 2.19. The lowest BCUT2D eigenvalue weighted by Gasteiger charge is -2.18. The number of allylic oxidation sites excluding steroid dienone is 1. The van der Waals surface area contributed by atoms with E-state index in [2.05, 4.69) is 4.74 Å². The first kappa shape index (κ1) is 13.7. The Morgan fingerprint density at radius 3 is 2.13 bits per heavy atom. The molecule has 0 aromatic heterocycles. The molecule has 0 unspecified atom stereocenters. The number of hydrogen-bond donors (Lipinski definition) is 1. The lowest BCUT2D eigenvalue weighted by Crippen LogP contribution is -2.38. The lowest BCUT2D eigenvalue weighted by atomic mass is 10.2. The van der Waals surface area contributed by atoms with Gasteiger partial charge in [-0.2, -0.15) is 22.0 Å². The second-order valence-corrected chi connectivity index (χ2v) is 2.35. The number of carbonyl (C=O) groups excluding carboxylic acids is 1. The van der Waals surface area contributed by atoms with Crippen LogP contribution in [0, 0.1) is 0 Å². The summed E-state index contributed by atoms with van der Waals surface area (Å²) in [7, 11) is 0. The molecule has 3 nitrogen and oxygen atoms in total. The molecule has 0 saturated carbocycles. The average molecular weight is 234 g/mol. The fourth-order valence-corrected chi connectivity index (χ4v) is 0.531. The van der Waals surface area contributed by atoms with E-state index in [1.54, 1.807) is 0 Å². The van der Waals surface area contributed by atoms with Crippen molar-refractivity contribution in [3.05, 3.63) is 11.8 Å². The van der Waals surface area contributed by atoms with Crippen molar-refractivity contribution in [2.24, 2.45) is 0 Å².